The molecule has 0 aliphatic heterocycles. The lowest BCUT2D eigenvalue weighted by Crippen LogP contribution is -2.33. The number of hydrogen-bond donors (Lipinski definition) is 2. The summed E-state index contributed by atoms with van der Waals surface area (Å²) >= 11 is 0. The van der Waals surface area contributed by atoms with Crippen LogP contribution in [0.5, 0.6) is 0 Å². The van der Waals surface area contributed by atoms with Gasteiger partial charge in [-0.25, -0.2) is 0 Å². The van der Waals surface area contributed by atoms with E-state index in [1.807, 2.05) is 13.8 Å². The molecule has 0 aromatic carbocycles. The summed E-state index contributed by atoms with van der Waals surface area (Å²) in [5.41, 5.74) is 0.174. The second-order valence-corrected chi connectivity index (χ2v) is 6.22. The molecule has 0 aromatic rings. The standard InChI is InChI=1S/C12H25NO2/c1-11(2,3)6-7-13-9-12(4,5)8-10(14)15/h13H,6-9H2,1-5H3,(H,14,15). The normalized spacial score (nSPS) is 12.9. The van der Waals surface area contributed by atoms with Crippen molar-refractivity contribution in [3.63, 3.8) is 0 Å². The molecule has 0 fully saturated rings. The van der Waals surface area contributed by atoms with Gasteiger partial charge in [0, 0.05) is 6.54 Å². The van der Waals surface area contributed by atoms with Gasteiger partial charge in [0.1, 0.15) is 0 Å². The molecule has 0 saturated carbocycles. The van der Waals surface area contributed by atoms with Crippen molar-refractivity contribution in [1.29, 1.82) is 0 Å². The highest BCUT2D eigenvalue weighted by molar-refractivity contribution is 5.67. The lowest BCUT2D eigenvalue weighted by molar-refractivity contribution is -0.139. The zero-order valence-electron chi connectivity index (χ0n) is 10.7. The zero-order chi connectivity index (χ0) is 12.1. The molecule has 0 atom stereocenters. The zero-order valence-corrected chi connectivity index (χ0v) is 10.7. The molecule has 0 bridgehead atoms. The van der Waals surface area contributed by atoms with Crippen LogP contribution in [-0.2, 0) is 4.79 Å². The molecule has 0 amide bonds. The molecule has 0 radical (unpaired) electrons. The number of aliphatic carboxylic acids is 1. The second kappa shape index (κ2) is 5.50. The van der Waals surface area contributed by atoms with E-state index in [0.717, 1.165) is 19.5 Å². The molecule has 0 aliphatic rings. The maximum Gasteiger partial charge on any atom is 0.303 e. The SMILES string of the molecule is CC(C)(C)CCNCC(C)(C)CC(=O)O. The molecule has 15 heavy (non-hydrogen) atoms. The molecular formula is C12H25NO2. The third-order valence-corrected chi connectivity index (χ3v) is 2.29. The van der Waals surface area contributed by atoms with Gasteiger partial charge in [0.05, 0.1) is 6.42 Å². The van der Waals surface area contributed by atoms with E-state index >= 15 is 0 Å². The van der Waals surface area contributed by atoms with E-state index in [1.165, 1.54) is 0 Å². The van der Waals surface area contributed by atoms with Gasteiger partial charge in [0.25, 0.3) is 0 Å². The van der Waals surface area contributed by atoms with Crippen molar-refractivity contribution in [2.45, 2.75) is 47.5 Å². The molecule has 0 aliphatic carbocycles. The predicted molar refractivity (Wildman–Crippen MR) is 63.0 cm³/mol. The van der Waals surface area contributed by atoms with Gasteiger partial charge in [-0.05, 0) is 23.8 Å². The molecule has 0 spiro atoms. The molecule has 0 rings (SSSR count). The van der Waals surface area contributed by atoms with Crippen LogP contribution in [0.2, 0.25) is 0 Å². The monoisotopic (exact) mass is 215 g/mol. The van der Waals surface area contributed by atoms with Gasteiger partial charge in [-0.15, -0.1) is 0 Å². The Labute approximate surface area is 93.3 Å². The quantitative estimate of drug-likeness (QED) is 0.669. The maximum atomic E-state index is 10.6. The van der Waals surface area contributed by atoms with Crippen molar-refractivity contribution in [1.82, 2.24) is 5.32 Å². The first-order valence-corrected chi connectivity index (χ1v) is 5.55. The van der Waals surface area contributed by atoms with Crippen molar-refractivity contribution < 1.29 is 9.90 Å². The fourth-order valence-corrected chi connectivity index (χ4v) is 1.36. The average Bonchev–Trinajstić information content (AvgIpc) is 1.93. The molecule has 0 heterocycles. The summed E-state index contributed by atoms with van der Waals surface area (Å²) in [4.78, 5) is 10.6. The van der Waals surface area contributed by atoms with E-state index < -0.39 is 5.97 Å². The molecule has 0 saturated heterocycles. The van der Waals surface area contributed by atoms with Crippen LogP contribution in [0.25, 0.3) is 0 Å². The molecule has 3 nitrogen and oxygen atoms in total. The first kappa shape index (κ1) is 14.4. The Morgan fingerprint density at radius 2 is 1.73 bits per heavy atom. The van der Waals surface area contributed by atoms with Crippen LogP contribution in [0.15, 0.2) is 0 Å². The van der Waals surface area contributed by atoms with E-state index in [-0.39, 0.29) is 11.8 Å². The number of carboxylic acid groups (broad SMARTS) is 1. The summed E-state index contributed by atoms with van der Waals surface area (Å²) < 4.78 is 0. The smallest absolute Gasteiger partial charge is 0.303 e. The van der Waals surface area contributed by atoms with Crippen LogP contribution in [0, 0.1) is 10.8 Å². The minimum absolute atomic E-state index is 0.163. The Bertz CT molecular complexity index is 204. The van der Waals surface area contributed by atoms with Crippen LogP contribution >= 0.6 is 0 Å². The van der Waals surface area contributed by atoms with Crippen molar-refractivity contribution in [2.24, 2.45) is 10.8 Å². The first-order valence-electron chi connectivity index (χ1n) is 5.55. The average molecular weight is 215 g/mol. The van der Waals surface area contributed by atoms with Gasteiger partial charge in [0.15, 0.2) is 0 Å². The van der Waals surface area contributed by atoms with Crippen molar-refractivity contribution >= 4 is 5.97 Å². The fourth-order valence-electron chi connectivity index (χ4n) is 1.36. The summed E-state index contributed by atoms with van der Waals surface area (Å²) in [5.74, 6) is -0.724. The van der Waals surface area contributed by atoms with Crippen LogP contribution in [0.3, 0.4) is 0 Å². The Morgan fingerprint density at radius 3 is 2.13 bits per heavy atom. The van der Waals surface area contributed by atoms with Gasteiger partial charge < -0.3 is 10.4 Å². The van der Waals surface area contributed by atoms with Crippen LogP contribution in [-0.4, -0.2) is 24.2 Å². The Balaban J connectivity index is 3.71. The predicted octanol–water partition coefficient (Wildman–Crippen LogP) is 2.51. The van der Waals surface area contributed by atoms with Crippen LogP contribution in [0.1, 0.15) is 47.5 Å². The van der Waals surface area contributed by atoms with E-state index in [4.69, 9.17) is 5.11 Å². The van der Waals surface area contributed by atoms with Crippen molar-refractivity contribution in [2.75, 3.05) is 13.1 Å². The topological polar surface area (TPSA) is 49.3 Å². The Morgan fingerprint density at radius 1 is 1.20 bits per heavy atom. The van der Waals surface area contributed by atoms with Gasteiger partial charge in [-0.2, -0.15) is 0 Å². The van der Waals surface area contributed by atoms with Gasteiger partial charge in [-0.1, -0.05) is 34.6 Å². The van der Waals surface area contributed by atoms with E-state index in [1.54, 1.807) is 0 Å². The molecule has 90 valence electrons. The molecule has 2 N–H and O–H groups in total. The highest BCUT2D eigenvalue weighted by atomic mass is 16.4. The van der Waals surface area contributed by atoms with E-state index in [9.17, 15) is 4.79 Å². The van der Waals surface area contributed by atoms with E-state index in [0.29, 0.717) is 5.41 Å². The first-order chi connectivity index (χ1) is 6.62. The van der Waals surface area contributed by atoms with Crippen LogP contribution in [0.4, 0.5) is 0 Å². The minimum atomic E-state index is -0.724. The molecule has 3 heteroatoms. The highest BCUT2D eigenvalue weighted by Crippen LogP contribution is 2.20. The number of carboxylic acids is 1. The van der Waals surface area contributed by atoms with Gasteiger partial charge in [-0.3, -0.25) is 4.79 Å². The molecular weight excluding hydrogens is 190 g/mol. The lowest BCUT2D eigenvalue weighted by atomic mass is 9.88. The molecule has 0 unspecified atom stereocenters. The third kappa shape index (κ3) is 9.73. The summed E-state index contributed by atoms with van der Waals surface area (Å²) in [6.07, 6.45) is 1.33. The summed E-state index contributed by atoms with van der Waals surface area (Å²) in [5, 5.41) is 12.0. The Kier molecular flexibility index (Phi) is 5.29. The van der Waals surface area contributed by atoms with Gasteiger partial charge >= 0.3 is 5.97 Å². The number of rotatable bonds is 6. The Hall–Kier alpha value is -0.570. The number of carbonyl (C=O) groups is 1. The van der Waals surface area contributed by atoms with Crippen molar-refractivity contribution in [3.05, 3.63) is 0 Å². The van der Waals surface area contributed by atoms with Crippen LogP contribution < -0.4 is 5.32 Å². The summed E-state index contributed by atoms with van der Waals surface area (Å²) in [7, 11) is 0. The van der Waals surface area contributed by atoms with Gasteiger partial charge in [0.2, 0.25) is 0 Å². The summed E-state index contributed by atoms with van der Waals surface area (Å²) in [6.45, 7) is 12.3. The second-order valence-electron chi connectivity index (χ2n) is 6.22. The largest absolute Gasteiger partial charge is 0.481 e. The lowest BCUT2D eigenvalue weighted by Gasteiger charge is -2.24. The highest BCUT2D eigenvalue weighted by Gasteiger charge is 2.21. The number of nitrogens with one attached hydrogen (secondary N) is 1. The van der Waals surface area contributed by atoms with E-state index in [2.05, 4.69) is 26.1 Å². The summed E-state index contributed by atoms with van der Waals surface area (Å²) in [6, 6.07) is 0. The van der Waals surface area contributed by atoms with Crippen molar-refractivity contribution in [3.8, 4) is 0 Å². The minimum Gasteiger partial charge on any atom is -0.481 e. The molecule has 0 aromatic heterocycles. The fraction of sp³-hybridized carbons (Fsp3) is 0.917. The number of hydrogen-bond acceptors (Lipinski definition) is 2. The third-order valence-electron chi connectivity index (χ3n) is 2.29. The maximum absolute atomic E-state index is 10.6.